The smallest absolute Gasteiger partial charge is 0.433 e. The number of hydrogen-bond acceptors (Lipinski definition) is 6. The van der Waals surface area contributed by atoms with Gasteiger partial charge in [0, 0.05) is 6.42 Å². The number of ketones is 1. The van der Waals surface area contributed by atoms with E-state index >= 15 is 0 Å². The number of Topliss-reactive ketones (excluding diaryl/α,β-unsaturated/α-hetero) is 1. The van der Waals surface area contributed by atoms with Gasteiger partial charge < -0.3 is 9.15 Å². The van der Waals surface area contributed by atoms with Gasteiger partial charge in [0.25, 0.3) is 0 Å². The molecule has 0 saturated heterocycles. The van der Waals surface area contributed by atoms with E-state index in [1.54, 1.807) is 0 Å². The number of carbonyl (C=O) groups is 2. The molecule has 1 atom stereocenters. The highest BCUT2D eigenvalue weighted by Crippen LogP contribution is 2.21. The molecule has 7 nitrogen and oxygen atoms in total. The normalized spacial score (nSPS) is 19.6. The lowest BCUT2D eigenvalue weighted by atomic mass is 9.96. The minimum Gasteiger partial charge on any atom is -0.449 e. The van der Waals surface area contributed by atoms with Crippen LogP contribution >= 0.6 is 0 Å². The molecule has 0 aromatic carbocycles. The summed E-state index contributed by atoms with van der Waals surface area (Å²) in [6, 6.07) is 2.23. The summed E-state index contributed by atoms with van der Waals surface area (Å²) in [5.74, 6) is -1.75. The number of carbonyl (C=O) groups excluding carboxylic acids is 2. The Balaban J connectivity index is 2.02. The van der Waals surface area contributed by atoms with E-state index in [0.717, 1.165) is 25.0 Å². The maximum Gasteiger partial charge on any atom is 0.433 e. The van der Waals surface area contributed by atoms with Crippen LogP contribution in [0, 0.1) is 10.1 Å². The zero-order valence-electron chi connectivity index (χ0n) is 9.46. The maximum absolute atomic E-state index is 11.6. The number of esters is 1. The van der Waals surface area contributed by atoms with Crippen LogP contribution in [0.3, 0.4) is 0 Å². The van der Waals surface area contributed by atoms with Crippen molar-refractivity contribution in [3.63, 3.8) is 0 Å². The highest BCUT2D eigenvalue weighted by atomic mass is 16.7. The van der Waals surface area contributed by atoms with Crippen molar-refractivity contribution in [2.75, 3.05) is 0 Å². The molecule has 0 radical (unpaired) electrons. The van der Waals surface area contributed by atoms with E-state index in [9.17, 15) is 19.7 Å². The molecule has 1 aliphatic rings. The van der Waals surface area contributed by atoms with Gasteiger partial charge in [0.15, 0.2) is 11.9 Å². The molecule has 96 valence electrons. The summed E-state index contributed by atoms with van der Waals surface area (Å²) in [6.45, 7) is 0. The highest BCUT2D eigenvalue weighted by Gasteiger charge is 2.28. The van der Waals surface area contributed by atoms with E-state index in [0.29, 0.717) is 12.8 Å². The largest absolute Gasteiger partial charge is 0.449 e. The Labute approximate surface area is 102 Å². The summed E-state index contributed by atoms with van der Waals surface area (Å²) >= 11 is 0. The third-order valence-electron chi connectivity index (χ3n) is 2.72. The van der Waals surface area contributed by atoms with Crippen molar-refractivity contribution < 1.29 is 23.7 Å². The van der Waals surface area contributed by atoms with Crippen molar-refractivity contribution in [3.05, 3.63) is 28.0 Å². The van der Waals surface area contributed by atoms with Crippen LogP contribution in [0.15, 0.2) is 16.5 Å². The third-order valence-corrected chi connectivity index (χ3v) is 2.72. The molecule has 0 spiro atoms. The fourth-order valence-electron chi connectivity index (χ4n) is 1.80. The lowest BCUT2D eigenvalue weighted by Crippen LogP contribution is -2.30. The fourth-order valence-corrected chi connectivity index (χ4v) is 1.80. The second-order valence-electron chi connectivity index (χ2n) is 4.00. The first-order valence-electron chi connectivity index (χ1n) is 5.56. The summed E-state index contributed by atoms with van der Waals surface area (Å²) in [7, 11) is 0. The van der Waals surface area contributed by atoms with E-state index in [1.165, 1.54) is 0 Å². The Morgan fingerprint density at radius 2 is 2.22 bits per heavy atom. The van der Waals surface area contributed by atoms with Crippen molar-refractivity contribution in [2.24, 2.45) is 0 Å². The average Bonchev–Trinajstić information content (AvgIpc) is 2.81. The minimum absolute atomic E-state index is 0.115. The molecule has 1 aromatic heterocycles. The predicted molar refractivity (Wildman–Crippen MR) is 58.0 cm³/mol. The van der Waals surface area contributed by atoms with Gasteiger partial charge in [0.1, 0.15) is 4.92 Å². The standard InChI is InChI=1S/C11H11NO6/c13-7-3-1-2-4-8(7)18-11(14)9-5-6-10(17-9)12(15)16/h5-6,8H,1-4H2/t8-/m0/s1. The Morgan fingerprint density at radius 3 is 2.83 bits per heavy atom. The van der Waals surface area contributed by atoms with Gasteiger partial charge in [0.2, 0.25) is 5.76 Å². The highest BCUT2D eigenvalue weighted by molar-refractivity contribution is 5.91. The first-order chi connectivity index (χ1) is 8.58. The zero-order valence-corrected chi connectivity index (χ0v) is 9.46. The van der Waals surface area contributed by atoms with Crippen LogP contribution < -0.4 is 0 Å². The summed E-state index contributed by atoms with van der Waals surface area (Å²) in [5, 5.41) is 10.4. The number of ether oxygens (including phenoxy) is 1. The molecular weight excluding hydrogens is 242 g/mol. The van der Waals surface area contributed by atoms with Gasteiger partial charge in [-0.1, -0.05) is 0 Å². The molecule has 1 aromatic rings. The second-order valence-corrected chi connectivity index (χ2v) is 4.00. The molecule has 2 rings (SSSR count). The fraction of sp³-hybridized carbons (Fsp3) is 0.455. The van der Waals surface area contributed by atoms with Gasteiger partial charge in [-0.05, 0) is 25.3 Å². The Kier molecular flexibility index (Phi) is 3.40. The first kappa shape index (κ1) is 12.3. The molecule has 0 amide bonds. The zero-order chi connectivity index (χ0) is 13.1. The lowest BCUT2D eigenvalue weighted by molar-refractivity contribution is -0.402. The summed E-state index contributed by atoms with van der Waals surface area (Å²) in [5.41, 5.74) is 0. The van der Waals surface area contributed by atoms with E-state index < -0.39 is 22.9 Å². The maximum atomic E-state index is 11.6. The van der Waals surface area contributed by atoms with Gasteiger partial charge in [0.05, 0.1) is 6.07 Å². The Morgan fingerprint density at radius 1 is 1.44 bits per heavy atom. The Hall–Kier alpha value is -2.18. The summed E-state index contributed by atoms with van der Waals surface area (Å²) < 4.78 is 9.68. The molecule has 1 heterocycles. The van der Waals surface area contributed by atoms with Gasteiger partial charge >= 0.3 is 11.9 Å². The number of rotatable bonds is 3. The summed E-state index contributed by atoms with van der Waals surface area (Å²) in [4.78, 5) is 32.7. The van der Waals surface area contributed by atoms with E-state index in [-0.39, 0.29) is 11.5 Å². The van der Waals surface area contributed by atoms with Crippen LogP contribution in [0.5, 0.6) is 0 Å². The summed E-state index contributed by atoms with van der Waals surface area (Å²) in [6.07, 6.45) is 1.76. The monoisotopic (exact) mass is 253 g/mol. The molecular formula is C11H11NO6. The lowest BCUT2D eigenvalue weighted by Gasteiger charge is -2.19. The molecule has 0 bridgehead atoms. The first-order valence-corrected chi connectivity index (χ1v) is 5.56. The van der Waals surface area contributed by atoms with Crippen molar-refractivity contribution in [1.82, 2.24) is 0 Å². The van der Waals surface area contributed by atoms with Crippen molar-refractivity contribution >= 4 is 17.6 Å². The molecule has 7 heteroatoms. The Bertz CT molecular complexity index is 491. The number of nitrogens with zero attached hydrogens (tertiary/aromatic N) is 1. The van der Waals surface area contributed by atoms with Crippen molar-refractivity contribution in [3.8, 4) is 0 Å². The van der Waals surface area contributed by atoms with Crippen LogP contribution in [0.25, 0.3) is 0 Å². The quantitative estimate of drug-likeness (QED) is 0.463. The molecule has 0 unspecified atom stereocenters. The number of furan rings is 1. The van der Waals surface area contributed by atoms with Gasteiger partial charge in [-0.2, -0.15) is 0 Å². The molecule has 1 fully saturated rings. The van der Waals surface area contributed by atoms with Crippen LogP contribution in [0.4, 0.5) is 5.88 Å². The molecule has 0 N–H and O–H groups in total. The number of hydrogen-bond donors (Lipinski definition) is 0. The van der Waals surface area contributed by atoms with Crippen LogP contribution in [-0.2, 0) is 9.53 Å². The van der Waals surface area contributed by atoms with Crippen LogP contribution in [0.2, 0.25) is 0 Å². The molecule has 0 aliphatic heterocycles. The average molecular weight is 253 g/mol. The second kappa shape index (κ2) is 4.99. The van der Waals surface area contributed by atoms with Crippen molar-refractivity contribution in [2.45, 2.75) is 31.8 Å². The third kappa shape index (κ3) is 2.55. The number of nitro groups is 1. The minimum atomic E-state index is -0.844. The van der Waals surface area contributed by atoms with Gasteiger partial charge in [-0.25, -0.2) is 4.79 Å². The SMILES string of the molecule is O=C(O[C@H]1CCCCC1=O)c1ccc([N+](=O)[O-])o1. The molecule has 1 saturated carbocycles. The molecule has 1 aliphatic carbocycles. The van der Waals surface area contributed by atoms with Crippen LogP contribution in [-0.4, -0.2) is 22.8 Å². The topological polar surface area (TPSA) is 99.7 Å². The van der Waals surface area contributed by atoms with E-state index in [2.05, 4.69) is 0 Å². The van der Waals surface area contributed by atoms with Crippen LogP contribution in [0.1, 0.15) is 36.2 Å². The van der Waals surface area contributed by atoms with E-state index in [1.807, 2.05) is 0 Å². The van der Waals surface area contributed by atoms with E-state index in [4.69, 9.17) is 9.15 Å². The van der Waals surface area contributed by atoms with Gasteiger partial charge in [-0.15, -0.1) is 0 Å². The van der Waals surface area contributed by atoms with Gasteiger partial charge in [-0.3, -0.25) is 14.9 Å². The van der Waals surface area contributed by atoms with Crippen molar-refractivity contribution in [1.29, 1.82) is 0 Å². The molecule has 18 heavy (non-hydrogen) atoms. The predicted octanol–water partition coefficient (Wildman–Crippen LogP) is 1.86.